The standard InChI is InChI=1S/C16H16N4O4S/c1-20(2)15(21)10-3-5-11(6-4-10)19-25(23,24)12-7-8-13-14(9-12)18-16(22)17-13/h3-9,19H,1-2H3,(H2,17,18,22). The molecule has 0 fully saturated rings. The highest BCUT2D eigenvalue weighted by molar-refractivity contribution is 7.92. The van der Waals surface area contributed by atoms with Gasteiger partial charge in [0.1, 0.15) is 0 Å². The number of rotatable bonds is 4. The van der Waals surface area contributed by atoms with E-state index in [0.29, 0.717) is 22.3 Å². The summed E-state index contributed by atoms with van der Waals surface area (Å²) in [5.41, 5.74) is 1.31. The first-order valence-electron chi connectivity index (χ1n) is 7.33. The van der Waals surface area contributed by atoms with Gasteiger partial charge in [-0.1, -0.05) is 0 Å². The Morgan fingerprint density at radius 3 is 2.28 bits per heavy atom. The molecule has 9 heteroatoms. The first-order chi connectivity index (χ1) is 11.8. The largest absolute Gasteiger partial charge is 0.345 e. The number of anilines is 1. The minimum Gasteiger partial charge on any atom is -0.345 e. The van der Waals surface area contributed by atoms with E-state index >= 15 is 0 Å². The number of nitrogens with zero attached hydrogens (tertiary/aromatic N) is 1. The summed E-state index contributed by atoms with van der Waals surface area (Å²) in [6.45, 7) is 0. The summed E-state index contributed by atoms with van der Waals surface area (Å²) < 4.78 is 27.4. The number of aromatic amines is 2. The van der Waals surface area contributed by atoms with Gasteiger partial charge in [0, 0.05) is 25.3 Å². The second-order valence-electron chi connectivity index (χ2n) is 5.67. The van der Waals surface area contributed by atoms with Gasteiger partial charge >= 0.3 is 5.69 Å². The molecule has 0 radical (unpaired) electrons. The Balaban J connectivity index is 1.87. The average Bonchev–Trinajstić information content (AvgIpc) is 2.93. The fourth-order valence-corrected chi connectivity index (χ4v) is 3.42. The van der Waals surface area contributed by atoms with E-state index in [9.17, 15) is 18.0 Å². The molecule has 1 aromatic heterocycles. The first kappa shape index (κ1) is 16.8. The Kier molecular flexibility index (Phi) is 4.09. The van der Waals surface area contributed by atoms with Gasteiger partial charge in [-0.2, -0.15) is 0 Å². The van der Waals surface area contributed by atoms with E-state index in [1.165, 1.54) is 35.2 Å². The van der Waals surface area contributed by atoms with Gasteiger partial charge in [-0.15, -0.1) is 0 Å². The van der Waals surface area contributed by atoms with Crippen molar-refractivity contribution in [3.8, 4) is 0 Å². The number of fused-ring (bicyclic) bond motifs is 1. The van der Waals surface area contributed by atoms with E-state index in [4.69, 9.17) is 0 Å². The molecule has 3 rings (SSSR count). The van der Waals surface area contributed by atoms with Crippen molar-refractivity contribution in [2.24, 2.45) is 0 Å². The van der Waals surface area contributed by atoms with Crippen molar-refractivity contribution in [1.29, 1.82) is 0 Å². The van der Waals surface area contributed by atoms with Gasteiger partial charge in [0.25, 0.3) is 15.9 Å². The SMILES string of the molecule is CN(C)C(=O)c1ccc(NS(=O)(=O)c2ccc3[nH]c(=O)[nH]c3c2)cc1. The molecular formula is C16H16N4O4S. The van der Waals surface area contributed by atoms with Crippen molar-refractivity contribution in [2.75, 3.05) is 18.8 Å². The number of nitrogens with one attached hydrogen (secondary N) is 3. The molecule has 0 aliphatic heterocycles. The molecule has 25 heavy (non-hydrogen) atoms. The van der Waals surface area contributed by atoms with Crippen LogP contribution in [0.2, 0.25) is 0 Å². The lowest BCUT2D eigenvalue weighted by atomic mass is 10.2. The number of carbonyl (C=O) groups is 1. The quantitative estimate of drug-likeness (QED) is 0.651. The highest BCUT2D eigenvalue weighted by Gasteiger charge is 2.16. The molecule has 130 valence electrons. The number of hydrogen-bond acceptors (Lipinski definition) is 4. The van der Waals surface area contributed by atoms with E-state index in [0.717, 1.165) is 0 Å². The Bertz CT molecular complexity index is 1100. The number of aromatic nitrogens is 2. The molecule has 3 aromatic rings. The van der Waals surface area contributed by atoms with E-state index in [-0.39, 0.29) is 10.8 Å². The van der Waals surface area contributed by atoms with Gasteiger partial charge in [-0.05, 0) is 42.5 Å². The summed E-state index contributed by atoms with van der Waals surface area (Å²) in [6.07, 6.45) is 0. The van der Waals surface area contributed by atoms with Gasteiger partial charge in [0.15, 0.2) is 0 Å². The van der Waals surface area contributed by atoms with Crippen LogP contribution in [0.5, 0.6) is 0 Å². The number of imidazole rings is 1. The molecule has 1 heterocycles. The molecule has 0 atom stereocenters. The maximum absolute atomic E-state index is 12.5. The summed E-state index contributed by atoms with van der Waals surface area (Å²) in [6, 6.07) is 10.4. The van der Waals surface area contributed by atoms with Crippen molar-refractivity contribution >= 4 is 32.7 Å². The van der Waals surface area contributed by atoms with Crippen LogP contribution in [0.25, 0.3) is 11.0 Å². The average molecular weight is 360 g/mol. The van der Waals surface area contributed by atoms with Crippen molar-refractivity contribution in [3.05, 3.63) is 58.5 Å². The Morgan fingerprint density at radius 2 is 1.64 bits per heavy atom. The predicted octanol–water partition coefficient (Wildman–Crippen LogP) is 1.36. The van der Waals surface area contributed by atoms with E-state index in [1.54, 1.807) is 26.2 Å². The molecule has 0 aliphatic carbocycles. The molecule has 0 aliphatic rings. The molecule has 8 nitrogen and oxygen atoms in total. The van der Waals surface area contributed by atoms with Crippen LogP contribution in [0.15, 0.2) is 52.2 Å². The zero-order chi connectivity index (χ0) is 18.2. The fourth-order valence-electron chi connectivity index (χ4n) is 2.33. The zero-order valence-electron chi connectivity index (χ0n) is 13.5. The predicted molar refractivity (Wildman–Crippen MR) is 94.2 cm³/mol. The van der Waals surface area contributed by atoms with Gasteiger partial charge < -0.3 is 14.9 Å². The van der Waals surface area contributed by atoms with E-state index < -0.39 is 15.7 Å². The Labute approximate surface area is 143 Å². The number of benzene rings is 2. The molecule has 3 N–H and O–H groups in total. The van der Waals surface area contributed by atoms with Crippen LogP contribution in [0.4, 0.5) is 5.69 Å². The van der Waals surface area contributed by atoms with Crippen LogP contribution < -0.4 is 10.4 Å². The summed E-state index contributed by atoms with van der Waals surface area (Å²) in [5, 5.41) is 0. The van der Waals surface area contributed by atoms with Crippen LogP contribution in [0, 0.1) is 0 Å². The third kappa shape index (κ3) is 3.41. The summed E-state index contributed by atoms with van der Waals surface area (Å²) in [5.74, 6) is -0.170. The van der Waals surface area contributed by atoms with Crippen molar-refractivity contribution in [1.82, 2.24) is 14.9 Å². The number of sulfonamides is 1. The van der Waals surface area contributed by atoms with Crippen molar-refractivity contribution < 1.29 is 13.2 Å². The normalized spacial score (nSPS) is 11.4. The smallest absolute Gasteiger partial charge is 0.323 e. The Morgan fingerprint density at radius 1 is 1.00 bits per heavy atom. The van der Waals surface area contributed by atoms with Crippen LogP contribution in [-0.2, 0) is 10.0 Å². The number of hydrogen-bond donors (Lipinski definition) is 3. The summed E-state index contributed by atoms with van der Waals surface area (Å²) >= 11 is 0. The molecule has 2 aromatic carbocycles. The highest BCUT2D eigenvalue weighted by Crippen LogP contribution is 2.19. The summed E-state index contributed by atoms with van der Waals surface area (Å²) in [7, 11) is -0.548. The van der Waals surface area contributed by atoms with Crippen molar-refractivity contribution in [3.63, 3.8) is 0 Å². The van der Waals surface area contributed by atoms with Crippen LogP contribution in [-0.4, -0.2) is 43.3 Å². The maximum Gasteiger partial charge on any atom is 0.323 e. The molecule has 0 saturated heterocycles. The van der Waals surface area contributed by atoms with Gasteiger partial charge in [0.2, 0.25) is 0 Å². The third-order valence-electron chi connectivity index (χ3n) is 3.59. The van der Waals surface area contributed by atoms with Crippen LogP contribution in [0.1, 0.15) is 10.4 Å². The second-order valence-corrected chi connectivity index (χ2v) is 7.35. The molecule has 0 unspecified atom stereocenters. The molecule has 0 bridgehead atoms. The number of H-pyrrole nitrogens is 2. The van der Waals surface area contributed by atoms with Crippen LogP contribution >= 0.6 is 0 Å². The lowest BCUT2D eigenvalue weighted by Crippen LogP contribution is -2.21. The monoisotopic (exact) mass is 360 g/mol. The fraction of sp³-hybridized carbons (Fsp3) is 0.125. The number of carbonyl (C=O) groups excluding carboxylic acids is 1. The van der Waals surface area contributed by atoms with Gasteiger partial charge in [-0.25, -0.2) is 13.2 Å². The van der Waals surface area contributed by atoms with Gasteiger partial charge in [0.05, 0.1) is 15.9 Å². The highest BCUT2D eigenvalue weighted by atomic mass is 32.2. The number of amides is 1. The lowest BCUT2D eigenvalue weighted by Gasteiger charge is -2.11. The van der Waals surface area contributed by atoms with Crippen molar-refractivity contribution in [2.45, 2.75) is 4.90 Å². The Hall–Kier alpha value is -3.07. The molecule has 0 spiro atoms. The van der Waals surface area contributed by atoms with Crippen LogP contribution in [0.3, 0.4) is 0 Å². The first-order valence-corrected chi connectivity index (χ1v) is 8.81. The minimum absolute atomic E-state index is 0.0173. The topological polar surface area (TPSA) is 115 Å². The molecule has 0 saturated carbocycles. The van der Waals surface area contributed by atoms with Gasteiger partial charge in [-0.3, -0.25) is 9.52 Å². The molecule has 1 amide bonds. The lowest BCUT2D eigenvalue weighted by molar-refractivity contribution is 0.0827. The molecular weight excluding hydrogens is 344 g/mol. The minimum atomic E-state index is -3.83. The maximum atomic E-state index is 12.5. The third-order valence-corrected chi connectivity index (χ3v) is 4.97. The van der Waals surface area contributed by atoms with E-state index in [2.05, 4.69) is 14.7 Å². The summed E-state index contributed by atoms with van der Waals surface area (Å²) in [4.78, 5) is 29.6. The zero-order valence-corrected chi connectivity index (χ0v) is 14.3. The van der Waals surface area contributed by atoms with E-state index in [1.807, 2.05) is 0 Å². The second kappa shape index (κ2) is 6.10.